The van der Waals surface area contributed by atoms with Gasteiger partial charge in [-0.1, -0.05) is 11.8 Å². The third-order valence-electron chi connectivity index (χ3n) is 4.29. The van der Waals surface area contributed by atoms with E-state index in [1.807, 2.05) is 11.7 Å². The number of amides is 1. The minimum atomic E-state index is -0.522. The molecule has 1 aromatic rings. The second-order valence-corrected chi connectivity index (χ2v) is 8.28. The summed E-state index contributed by atoms with van der Waals surface area (Å²) in [4.78, 5) is 21.9. The van der Waals surface area contributed by atoms with Crippen LogP contribution in [0, 0.1) is 0 Å². The van der Waals surface area contributed by atoms with Crippen LogP contribution in [0.1, 0.15) is 18.7 Å². The van der Waals surface area contributed by atoms with Gasteiger partial charge in [-0.25, -0.2) is 0 Å². The summed E-state index contributed by atoms with van der Waals surface area (Å²) >= 11 is 3.43. The molecule has 0 radical (unpaired) electrons. The first-order valence-corrected chi connectivity index (χ1v) is 9.35. The summed E-state index contributed by atoms with van der Waals surface area (Å²) in [5.74, 6) is 0.898. The van der Waals surface area contributed by atoms with Crippen molar-refractivity contribution in [3.05, 3.63) is 16.6 Å². The monoisotopic (exact) mass is 341 g/mol. The number of thiazole rings is 1. The lowest BCUT2D eigenvalue weighted by Gasteiger charge is -2.45. The second kappa shape index (κ2) is 6.09. The molecule has 122 valence electrons. The summed E-state index contributed by atoms with van der Waals surface area (Å²) in [7, 11) is 2.14. The van der Waals surface area contributed by atoms with E-state index in [0.29, 0.717) is 0 Å². The van der Waals surface area contributed by atoms with Gasteiger partial charge in [0, 0.05) is 49.9 Å². The predicted molar refractivity (Wildman–Crippen MR) is 90.7 cm³/mol. The van der Waals surface area contributed by atoms with Crippen LogP contribution < -0.4 is 10.6 Å². The molecule has 8 heteroatoms. The maximum Gasteiger partial charge on any atom is 0.219 e. The van der Waals surface area contributed by atoms with Gasteiger partial charge in [-0.3, -0.25) is 20.0 Å². The molecule has 0 saturated carbocycles. The first kappa shape index (κ1) is 16.2. The highest BCUT2D eigenvalue weighted by Crippen LogP contribution is 2.42. The zero-order valence-corrected chi connectivity index (χ0v) is 14.9. The quantitative estimate of drug-likeness (QED) is 0.844. The number of piperazine rings is 1. The van der Waals surface area contributed by atoms with Crippen LogP contribution in [0.15, 0.2) is 11.7 Å². The number of nitrogens with one attached hydrogen (secondary N) is 2. The number of carbonyl (C=O) groups excluding carboxylic acids is 1. The van der Waals surface area contributed by atoms with E-state index < -0.39 is 5.12 Å². The first-order chi connectivity index (χ1) is 10.4. The Morgan fingerprint density at radius 3 is 2.73 bits per heavy atom. The van der Waals surface area contributed by atoms with Crippen molar-refractivity contribution in [2.24, 2.45) is 0 Å². The van der Waals surface area contributed by atoms with Crippen molar-refractivity contribution in [1.29, 1.82) is 0 Å². The van der Waals surface area contributed by atoms with Crippen LogP contribution in [0.2, 0.25) is 0 Å². The van der Waals surface area contributed by atoms with Gasteiger partial charge in [-0.05, 0) is 14.0 Å². The van der Waals surface area contributed by atoms with Crippen molar-refractivity contribution in [2.45, 2.75) is 24.5 Å². The van der Waals surface area contributed by atoms with E-state index in [2.05, 4.69) is 39.4 Å². The second-order valence-electron chi connectivity index (χ2n) is 6.23. The number of hydrogen-bond donors (Lipinski definition) is 2. The lowest BCUT2D eigenvalue weighted by Crippen LogP contribution is -2.69. The number of thioether (sulfide) groups is 1. The molecule has 1 aromatic heterocycles. The number of hydrogen-bond acceptors (Lipinski definition) is 7. The van der Waals surface area contributed by atoms with Crippen LogP contribution >= 0.6 is 23.1 Å². The van der Waals surface area contributed by atoms with E-state index >= 15 is 0 Å². The van der Waals surface area contributed by atoms with E-state index in [0.717, 1.165) is 31.9 Å². The third kappa shape index (κ3) is 3.03. The van der Waals surface area contributed by atoms with Crippen LogP contribution in [0.3, 0.4) is 0 Å². The lowest BCUT2D eigenvalue weighted by molar-refractivity contribution is -0.122. The van der Waals surface area contributed by atoms with Crippen LogP contribution in [-0.4, -0.2) is 64.8 Å². The lowest BCUT2D eigenvalue weighted by atomic mass is 10.0. The third-order valence-corrected chi connectivity index (χ3v) is 6.92. The summed E-state index contributed by atoms with van der Waals surface area (Å²) in [6.07, 6.45) is 1.92. The molecule has 0 aromatic carbocycles. The number of likely N-dealkylation sites (N-methyl/N-ethyl adjacent to an activating group) is 1. The Kier molecular flexibility index (Phi) is 4.48. The Hall–Kier alpha value is -0.670. The van der Waals surface area contributed by atoms with Crippen molar-refractivity contribution < 1.29 is 4.79 Å². The number of nitrogens with zero attached hydrogens (tertiary/aromatic N) is 3. The molecule has 2 saturated heterocycles. The molecule has 2 atom stereocenters. The Morgan fingerprint density at radius 2 is 2.14 bits per heavy atom. The van der Waals surface area contributed by atoms with Crippen molar-refractivity contribution in [3.8, 4) is 0 Å². The maximum absolute atomic E-state index is 11.8. The van der Waals surface area contributed by atoms with Gasteiger partial charge in [0.2, 0.25) is 5.91 Å². The van der Waals surface area contributed by atoms with Gasteiger partial charge in [0.1, 0.15) is 0 Å². The zero-order chi connectivity index (χ0) is 15.8. The minimum Gasteiger partial charge on any atom is -0.317 e. The number of rotatable bonds is 3. The average Bonchev–Trinajstić information content (AvgIpc) is 3.09. The van der Waals surface area contributed by atoms with Crippen molar-refractivity contribution in [2.75, 3.05) is 39.0 Å². The molecular weight excluding hydrogens is 318 g/mol. The van der Waals surface area contributed by atoms with Crippen LogP contribution in [0.4, 0.5) is 0 Å². The van der Waals surface area contributed by atoms with E-state index in [9.17, 15) is 4.79 Å². The van der Waals surface area contributed by atoms with E-state index in [1.54, 1.807) is 30.0 Å². The Bertz CT molecular complexity index is 531. The number of aromatic nitrogens is 1. The molecular formula is C14H23N5OS2. The van der Waals surface area contributed by atoms with Gasteiger partial charge < -0.3 is 10.2 Å². The fourth-order valence-corrected chi connectivity index (χ4v) is 5.43. The van der Waals surface area contributed by atoms with Crippen molar-refractivity contribution in [3.63, 3.8) is 0 Å². The number of carbonyl (C=O) groups is 1. The molecule has 0 spiro atoms. The minimum absolute atomic E-state index is 0.00696. The molecule has 2 aliphatic heterocycles. The Morgan fingerprint density at radius 1 is 1.41 bits per heavy atom. The SMILES string of the molecule is CC(=O)NC1(N2CCN(C)CC2)NC(C)(c2cncs2)CS1. The molecule has 22 heavy (non-hydrogen) atoms. The van der Waals surface area contributed by atoms with Gasteiger partial charge in [0.15, 0.2) is 5.12 Å². The predicted octanol–water partition coefficient (Wildman–Crippen LogP) is 0.690. The fraction of sp³-hybridized carbons (Fsp3) is 0.714. The molecule has 2 fully saturated rings. The zero-order valence-electron chi connectivity index (χ0n) is 13.3. The Balaban J connectivity index is 1.84. The highest BCUT2D eigenvalue weighted by molar-refractivity contribution is 8.00. The average molecular weight is 342 g/mol. The molecule has 2 N–H and O–H groups in total. The van der Waals surface area contributed by atoms with Crippen LogP contribution in [0.25, 0.3) is 0 Å². The fourth-order valence-electron chi connectivity index (χ4n) is 2.99. The summed E-state index contributed by atoms with van der Waals surface area (Å²) in [6, 6.07) is 0. The van der Waals surface area contributed by atoms with Gasteiger partial charge in [0.25, 0.3) is 0 Å². The summed E-state index contributed by atoms with van der Waals surface area (Å²) < 4.78 is 0. The van der Waals surface area contributed by atoms with Crippen molar-refractivity contribution >= 4 is 29.0 Å². The molecule has 2 aliphatic rings. The molecule has 2 unspecified atom stereocenters. The van der Waals surface area contributed by atoms with Crippen LogP contribution in [0.5, 0.6) is 0 Å². The van der Waals surface area contributed by atoms with Gasteiger partial charge in [-0.2, -0.15) is 0 Å². The molecule has 6 nitrogen and oxygen atoms in total. The standard InChI is InChI=1S/C14H23N5OS2/c1-11(20)16-14(19-6-4-18(3)5-7-19)17-13(2,9-22-14)12-8-15-10-21-12/h8,10,17H,4-7,9H2,1-3H3,(H,16,20). The van der Waals surface area contributed by atoms with Gasteiger partial charge in [-0.15, -0.1) is 11.3 Å². The van der Waals surface area contributed by atoms with Gasteiger partial charge >= 0.3 is 0 Å². The topological polar surface area (TPSA) is 60.5 Å². The smallest absolute Gasteiger partial charge is 0.219 e. The normalized spacial score (nSPS) is 34.0. The summed E-state index contributed by atoms with van der Waals surface area (Å²) in [5.41, 5.74) is 1.69. The molecule has 3 heterocycles. The van der Waals surface area contributed by atoms with Crippen molar-refractivity contribution in [1.82, 2.24) is 25.4 Å². The largest absolute Gasteiger partial charge is 0.317 e. The molecule has 0 bridgehead atoms. The molecule has 1 amide bonds. The van der Waals surface area contributed by atoms with E-state index in [-0.39, 0.29) is 11.4 Å². The summed E-state index contributed by atoms with van der Waals surface area (Å²) in [6.45, 7) is 7.68. The Labute approximate surface area is 139 Å². The molecule has 3 rings (SSSR count). The van der Waals surface area contributed by atoms with E-state index in [1.165, 1.54) is 4.88 Å². The maximum atomic E-state index is 11.8. The van der Waals surface area contributed by atoms with Gasteiger partial charge in [0.05, 0.1) is 11.0 Å². The van der Waals surface area contributed by atoms with Crippen LogP contribution in [-0.2, 0) is 10.3 Å². The highest BCUT2D eigenvalue weighted by Gasteiger charge is 2.51. The first-order valence-electron chi connectivity index (χ1n) is 7.48. The van der Waals surface area contributed by atoms with E-state index in [4.69, 9.17) is 0 Å². The highest BCUT2D eigenvalue weighted by atomic mass is 32.2. The summed E-state index contributed by atoms with van der Waals surface area (Å²) in [5, 5.41) is 6.35. The molecule has 0 aliphatic carbocycles.